The molecule has 0 bridgehead atoms. The second-order valence-electron chi connectivity index (χ2n) is 7.09. The van der Waals surface area contributed by atoms with E-state index < -0.39 is 6.04 Å². The largest absolute Gasteiger partial charge is 0.493 e. The predicted molar refractivity (Wildman–Crippen MR) is 122 cm³/mol. The maximum absolute atomic E-state index is 13.3. The number of carbonyl (C=O) groups excluding carboxylic acids is 1. The first-order chi connectivity index (χ1) is 14.5. The lowest BCUT2D eigenvalue weighted by Gasteiger charge is -2.21. The number of nitrogens with one attached hydrogen (secondary N) is 2. The van der Waals surface area contributed by atoms with Crippen molar-refractivity contribution in [3.05, 3.63) is 83.4 Å². The highest BCUT2D eigenvalue weighted by Gasteiger charge is 2.22. The van der Waals surface area contributed by atoms with E-state index in [0.29, 0.717) is 18.1 Å². The highest BCUT2D eigenvalue weighted by molar-refractivity contribution is 5.98. The van der Waals surface area contributed by atoms with Crippen LogP contribution < -0.4 is 20.1 Å². The first kappa shape index (κ1) is 21.2. The second kappa shape index (κ2) is 9.83. The standard InChI is InChI=1S/C25H28N2O3/c1-5-30-22-14-13-20(16-23(22)29-4)26-24(19-9-7-6-8-10-19)25(28)27-21-15-17(2)11-12-18(21)3/h6-16,24,26H,5H2,1-4H3,(H,27,28)/t24-/m0/s1. The van der Waals surface area contributed by atoms with Gasteiger partial charge >= 0.3 is 0 Å². The topological polar surface area (TPSA) is 59.6 Å². The number of ether oxygens (including phenoxy) is 2. The lowest BCUT2D eigenvalue weighted by Crippen LogP contribution is -2.27. The van der Waals surface area contributed by atoms with Gasteiger partial charge < -0.3 is 20.1 Å². The molecule has 3 aromatic rings. The number of benzene rings is 3. The Morgan fingerprint density at radius 1 is 0.967 bits per heavy atom. The number of hydrogen-bond donors (Lipinski definition) is 2. The summed E-state index contributed by atoms with van der Waals surface area (Å²) in [5, 5.41) is 6.42. The van der Waals surface area contributed by atoms with Gasteiger partial charge in [0.15, 0.2) is 11.5 Å². The SMILES string of the molecule is CCOc1ccc(N[C@H](C(=O)Nc2cc(C)ccc2C)c2ccccc2)cc1OC. The Labute approximate surface area is 178 Å². The third-order valence-electron chi connectivity index (χ3n) is 4.82. The Hall–Kier alpha value is -3.47. The fourth-order valence-corrected chi connectivity index (χ4v) is 3.22. The highest BCUT2D eigenvalue weighted by Crippen LogP contribution is 2.32. The molecule has 1 atom stereocenters. The predicted octanol–water partition coefficient (Wildman–Crippen LogP) is 5.50. The minimum atomic E-state index is -0.575. The van der Waals surface area contributed by atoms with E-state index in [1.807, 2.05) is 87.5 Å². The Morgan fingerprint density at radius 2 is 1.73 bits per heavy atom. The van der Waals surface area contributed by atoms with E-state index in [2.05, 4.69) is 10.6 Å². The van der Waals surface area contributed by atoms with Crippen LogP contribution in [0.4, 0.5) is 11.4 Å². The number of rotatable bonds is 8. The molecule has 5 heteroatoms. The molecule has 0 saturated carbocycles. The van der Waals surface area contributed by atoms with Gasteiger partial charge in [-0.1, -0.05) is 42.5 Å². The van der Waals surface area contributed by atoms with Crippen LogP contribution in [-0.2, 0) is 4.79 Å². The molecule has 0 saturated heterocycles. The van der Waals surface area contributed by atoms with E-state index >= 15 is 0 Å². The van der Waals surface area contributed by atoms with Crippen LogP contribution >= 0.6 is 0 Å². The van der Waals surface area contributed by atoms with Gasteiger partial charge in [0.25, 0.3) is 5.91 Å². The molecule has 0 aliphatic heterocycles. The summed E-state index contributed by atoms with van der Waals surface area (Å²) < 4.78 is 11.0. The third-order valence-corrected chi connectivity index (χ3v) is 4.82. The van der Waals surface area contributed by atoms with E-state index in [-0.39, 0.29) is 5.91 Å². The smallest absolute Gasteiger partial charge is 0.251 e. The Balaban J connectivity index is 1.90. The van der Waals surface area contributed by atoms with E-state index in [9.17, 15) is 4.79 Å². The molecule has 0 aliphatic carbocycles. The normalized spacial score (nSPS) is 11.5. The van der Waals surface area contributed by atoms with Gasteiger partial charge in [0.2, 0.25) is 0 Å². The van der Waals surface area contributed by atoms with Crippen LogP contribution in [0.1, 0.15) is 29.7 Å². The van der Waals surface area contributed by atoms with Crippen LogP contribution in [0, 0.1) is 13.8 Å². The van der Waals surface area contributed by atoms with Gasteiger partial charge in [-0.2, -0.15) is 0 Å². The molecule has 3 rings (SSSR count). The van der Waals surface area contributed by atoms with Crippen molar-refractivity contribution in [1.82, 2.24) is 0 Å². The number of carbonyl (C=O) groups is 1. The number of amides is 1. The fraction of sp³-hybridized carbons (Fsp3) is 0.240. The zero-order chi connectivity index (χ0) is 21.5. The van der Waals surface area contributed by atoms with Crippen molar-refractivity contribution < 1.29 is 14.3 Å². The molecule has 0 spiro atoms. The highest BCUT2D eigenvalue weighted by atomic mass is 16.5. The van der Waals surface area contributed by atoms with Gasteiger partial charge in [0.05, 0.1) is 13.7 Å². The van der Waals surface area contributed by atoms with Gasteiger partial charge in [-0.15, -0.1) is 0 Å². The Morgan fingerprint density at radius 3 is 2.43 bits per heavy atom. The molecule has 0 fully saturated rings. The monoisotopic (exact) mass is 404 g/mol. The number of hydrogen-bond acceptors (Lipinski definition) is 4. The molecule has 0 radical (unpaired) electrons. The fourth-order valence-electron chi connectivity index (χ4n) is 3.22. The molecule has 30 heavy (non-hydrogen) atoms. The summed E-state index contributed by atoms with van der Waals surface area (Å²) in [5.41, 5.74) is 4.56. The number of methoxy groups -OCH3 is 1. The zero-order valence-electron chi connectivity index (χ0n) is 17.9. The van der Waals surface area contributed by atoms with Crippen LogP contribution in [0.15, 0.2) is 66.7 Å². The molecule has 1 amide bonds. The van der Waals surface area contributed by atoms with E-state index in [4.69, 9.17) is 9.47 Å². The van der Waals surface area contributed by atoms with E-state index in [1.54, 1.807) is 7.11 Å². The third kappa shape index (κ3) is 5.11. The van der Waals surface area contributed by atoms with Crippen molar-refractivity contribution in [2.75, 3.05) is 24.4 Å². The average molecular weight is 405 g/mol. The lowest BCUT2D eigenvalue weighted by atomic mass is 10.0. The van der Waals surface area contributed by atoms with Gasteiger partial charge in [-0.25, -0.2) is 0 Å². The Kier molecular flexibility index (Phi) is 6.96. The van der Waals surface area contributed by atoms with E-state index in [0.717, 1.165) is 28.1 Å². The zero-order valence-corrected chi connectivity index (χ0v) is 17.9. The lowest BCUT2D eigenvalue weighted by molar-refractivity contribution is -0.117. The molecule has 0 unspecified atom stereocenters. The van der Waals surface area contributed by atoms with Gasteiger partial charge in [0.1, 0.15) is 6.04 Å². The summed E-state index contributed by atoms with van der Waals surface area (Å²) in [4.78, 5) is 13.3. The van der Waals surface area contributed by atoms with Crippen LogP contribution in [-0.4, -0.2) is 19.6 Å². The second-order valence-corrected chi connectivity index (χ2v) is 7.09. The molecule has 0 heterocycles. The summed E-state index contributed by atoms with van der Waals surface area (Å²) in [5.74, 6) is 1.15. The number of anilines is 2. The summed E-state index contributed by atoms with van der Waals surface area (Å²) in [6.45, 7) is 6.47. The van der Waals surface area contributed by atoms with Gasteiger partial charge in [-0.3, -0.25) is 4.79 Å². The summed E-state index contributed by atoms with van der Waals surface area (Å²) in [6.07, 6.45) is 0. The molecule has 0 aliphatic rings. The molecule has 5 nitrogen and oxygen atoms in total. The van der Waals surface area contributed by atoms with Crippen LogP contribution in [0.5, 0.6) is 11.5 Å². The van der Waals surface area contributed by atoms with Gasteiger partial charge in [0, 0.05) is 17.4 Å². The van der Waals surface area contributed by atoms with Crippen LogP contribution in [0.2, 0.25) is 0 Å². The molecular weight excluding hydrogens is 376 g/mol. The maximum atomic E-state index is 13.3. The molecule has 2 N–H and O–H groups in total. The van der Waals surface area contributed by atoms with Crippen LogP contribution in [0.3, 0.4) is 0 Å². The Bertz CT molecular complexity index is 1000. The molecule has 3 aromatic carbocycles. The quantitative estimate of drug-likeness (QED) is 0.520. The molecular formula is C25H28N2O3. The van der Waals surface area contributed by atoms with Gasteiger partial charge in [-0.05, 0) is 55.7 Å². The summed E-state index contributed by atoms with van der Waals surface area (Å²) in [6, 6.07) is 20.7. The minimum Gasteiger partial charge on any atom is -0.493 e. The summed E-state index contributed by atoms with van der Waals surface area (Å²) in [7, 11) is 1.60. The van der Waals surface area contributed by atoms with Crippen LogP contribution in [0.25, 0.3) is 0 Å². The van der Waals surface area contributed by atoms with Crippen molar-refractivity contribution in [1.29, 1.82) is 0 Å². The van der Waals surface area contributed by atoms with Crippen molar-refractivity contribution in [2.24, 2.45) is 0 Å². The first-order valence-electron chi connectivity index (χ1n) is 10.0. The molecule has 156 valence electrons. The number of aryl methyl sites for hydroxylation is 2. The maximum Gasteiger partial charge on any atom is 0.251 e. The summed E-state index contributed by atoms with van der Waals surface area (Å²) >= 11 is 0. The van der Waals surface area contributed by atoms with Crippen molar-refractivity contribution >= 4 is 17.3 Å². The molecule has 0 aromatic heterocycles. The average Bonchev–Trinajstić information content (AvgIpc) is 2.76. The van der Waals surface area contributed by atoms with Crippen molar-refractivity contribution in [2.45, 2.75) is 26.8 Å². The minimum absolute atomic E-state index is 0.136. The first-order valence-corrected chi connectivity index (χ1v) is 10.0. The van der Waals surface area contributed by atoms with E-state index in [1.165, 1.54) is 0 Å². The van der Waals surface area contributed by atoms with Crippen molar-refractivity contribution in [3.8, 4) is 11.5 Å². The van der Waals surface area contributed by atoms with Crippen molar-refractivity contribution in [3.63, 3.8) is 0 Å².